The molecule has 2 heterocycles. The van der Waals surface area contributed by atoms with Crippen molar-refractivity contribution in [1.82, 2.24) is 5.32 Å². The van der Waals surface area contributed by atoms with Crippen molar-refractivity contribution in [3.8, 4) is 0 Å². The summed E-state index contributed by atoms with van der Waals surface area (Å²) < 4.78 is 11.0. The SMILES string of the molecule is CC1CC(CCC2(C)OCCO2)C(=O)N1. The number of rotatable bonds is 3. The summed E-state index contributed by atoms with van der Waals surface area (Å²) >= 11 is 0. The first kappa shape index (κ1) is 10.9. The van der Waals surface area contributed by atoms with Crippen LogP contribution < -0.4 is 5.32 Å². The molecule has 2 unspecified atom stereocenters. The number of carbonyl (C=O) groups is 1. The minimum Gasteiger partial charge on any atom is -0.353 e. The molecule has 4 heteroatoms. The van der Waals surface area contributed by atoms with Crippen LogP contribution in [0.4, 0.5) is 0 Å². The quantitative estimate of drug-likeness (QED) is 0.762. The Labute approximate surface area is 90.3 Å². The van der Waals surface area contributed by atoms with Crippen molar-refractivity contribution in [2.45, 2.75) is 44.9 Å². The highest BCUT2D eigenvalue weighted by Gasteiger charge is 2.35. The molecule has 0 aromatic rings. The molecule has 86 valence electrons. The highest BCUT2D eigenvalue weighted by Crippen LogP contribution is 2.29. The molecular formula is C11H19NO3. The van der Waals surface area contributed by atoms with Crippen LogP contribution in [0.5, 0.6) is 0 Å². The van der Waals surface area contributed by atoms with Crippen LogP contribution in [0.2, 0.25) is 0 Å². The summed E-state index contributed by atoms with van der Waals surface area (Å²) in [4.78, 5) is 11.5. The lowest BCUT2D eigenvalue weighted by Gasteiger charge is -2.23. The third-order valence-corrected chi connectivity index (χ3v) is 3.24. The van der Waals surface area contributed by atoms with Gasteiger partial charge in [0.25, 0.3) is 0 Å². The molecule has 2 fully saturated rings. The largest absolute Gasteiger partial charge is 0.353 e. The molecule has 2 rings (SSSR count). The van der Waals surface area contributed by atoms with Gasteiger partial charge < -0.3 is 14.8 Å². The van der Waals surface area contributed by atoms with E-state index in [0.717, 1.165) is 19.3 Å². The van der Waals surface area contributed by atoms with Gasteiger partial charge in [-0.05, 0) is 26.7 Å². The van der Waals surface area contributed by atoms with E-state index in [1.165, 1.54) is 0 Å². The van der Waals surface area contributed by atoms with Crippen molar-refractivity contribution in [3.63, 3.8) is 0 Å². The Morgan fingerprint density at radius 1 is 1.47 bits per heavy atom. The molecular weight excluding hydrogens is 194 g/mol. The van der Waals surface area contributed by atoms with Gasteiger partial charge in [0.1, 0.15) is 0 Å². The van der Waals surface area contributed by atoms with E-state index >= 15 is 0 Å². The number of hydrogen-bond acceptors (Lipinski definition) is 3. The number of amides is 1. The molecule has 2 aliphatic rings. The van der Waals surface area contributed by atoms with Crippen LogP contribution in [0.15, 0.2) is 0 Å². The van der Waals surface area contributed by atoms with E-state index in [1.807, 2.05) is 13.8 Å². The third kappa shape index (κ3) is 2.49. The maximum absolute atomic E-state index is 11.5. The smallest absolute Gasteiger partial charge is 0.223 e. The fourth-order valence-corrected chi connectivity index (χ4v) is 2.34. The summed E-state index contributed by atoms with van der Waals surface area (Å²) in [6.07, 6.45) is 2.60. The zero-order valence-corrected chi connectivity index (χ0v) is 9.41. The number of nitrogens with one attached hydrogen (secondary N) is 1. The van der Waals surface area contributed by atoms with E-state index in [0.29, 0.717) is 19.3 Å². The van der Waals surface area contributed by atoms with Crippen molar-refractivity contribution in [2.24, 2.45) is 5.92 Å². The Morgan fingerprint density at radius 2 is 2.13 bits per heavy atom. The maximum atomic E-state index is 11.5. The molecule has 2 atom stereocenters. The van der Waals surface area contributed by atoms with Crippen molar-refractivity contribution < 1.29 is 14.3 Å². The van der Waals surface area contributed by atoms with Gasteiger partial charge in [-0.3, -0.25) is 4.79 Å². The lowest BCUT2D eigenvalue weighted by molar-refractivity contribution is -0.150. The van der Waals surface area contributed by atoms with E-state index in [4.69, 9.17) is 9.47 Å². The van der Waals surface area contributed by atoms with Gasteiger partial charge in [-0.25, -0.2) is 0 Å². The standard InChI is InChI=1S/C11H19NO3/c1-8-7-9(10(13)12-8)3-4-11(2)14-5-6-15-11/h8-9H,3-7H2,1-2H3,(H,12,13). The molecule has 1 amide bonds. The second-order valence-corrected chi connectivity index (χ2v) is 4.71. The molecule has 15 heavy (non-hydrogen) atoms. The summed E-state index contributed by atoms with van der Waals surface area (Å²) in [6.45, 7) is 5.34. The van der Waals surface area contributed by atoms with Gasteiger partial charge in [0.15, 0.2) is 5.79 Å². The summed E-state index contributed by atoms with van der Waals surface area (Å²) in [5, 5.41) is 2.93. The Morgan fingerprint density at radius 3 is 2.67 bits per heavy atom. The fraction of sp³-hybridized carbons (Fsp3) is 0.909. The number of carbonyl (C=O) groups excluding carboxylic acids is 1. The van der Waals surface area contributed by atoms with Gasteiger partial charge in [-0.1, -0.05) is 0 Å². The van der Waals surface area contributed by atoms with Gasteiger partial charge in [0.2, 0.25) is 5.91 Å². The molecule has 0 aromatic carbocycles. The van der Waals surface area contributed by atoms with Crippen LogP contribution in [0, 0.1) is 5.92 Å². The highest BCUT2D eigenvalue weighted by molar-refractivity contribution is 5.81. The molecule has 2 saturated heterocycles. The van der Waals surface area contributed by atoms with Gasteiger partial charge in [0, 0.05) is 18.4 Å². The maximum Gasteiger partial charge on any atom is 0.223 e. The van der Waals surface area contributed by atoms with E-state index in [1.54, 1.807) is 0 Å². The average molecular weight is 213 g/mol. The number of hydrogen-bond donors (Lipinski definition) is 1. The van der Waals surface area contributed by atoms with E-state index in [2.05, 4.69) is 5.32 Å². The highest BCUT2D eigenvalue weighted by atomic mass is 16.7. The third-order valence-electron chi connectivity index (χ3n) is 3.24. The molecule has 0 spiro atoms. The van der Waals surface area contributed by atoms with Crippen LogP contribution >= 0.6 is 0 Å². The predicted octanol–water partition coefficient (Wildman–Crippen LogP) is 1.05. The van der Waals surface area contributed by atoms with Gasteiger partial charge >= 0.3 is 0 Å². The first-order chi connectivity index (χ1) is 7.09. The van der Waals surface area contributed by atoms with E-state index in [-0.39, 0.29) is 11.8 Å². The molecule has 0 aliphatic carbocycles. The zero-order chi connectivity index (χ0) is 10.9. The van der Waals surface area contributed by atoms with E-state index < -0.39 is 5.79 Å². The average Bonchev–Trinajstić information content (AvgIpc) is 2.71. The molecule has 1 N–H and O–H groups in total. The monoisotopic (exact) mass is 213 g/mol. The minimum atomic E-state index is -0.452. The first-order valence-corrected chi connectivity index (χ1v) is 5.67. The summed E-state index contributed by atoms with van der Waals surface area (Å²) in [7, 11) is 0. The van der Waals surface area contributed by atoms with Gasteiger partial charge in [-0.15, -0.1) is 0 Å². The Kier molecular flexibility index (Phi) is 2.98. The molecule has 0 radical (unpaired) electrons. The molecule has 0 bridgehead atoms. The molecule has 4 nitrogen and oxygen atoms in total. The van der Waals surface area contributed by atoms with Crippen LogP contribution in [0.25, 0.3) is 0 Å². The van der Waals surface area contributed by atoms with Crippen molar-refractivity contribution >= 4 is 5.91 Å². The summed E-state index contributed by atoms with van der Waals surface area (Å²) in [5.74, 6) is -0.125. The van der Waals surface area contributed by atoms with E-state index in [9.17, 15) is 4.79 Å². The van der Waals surface area contributed by atoms with Crippen molar-refractivity contribution in [2.75, 3.05) is 13.2 Å². The van der Waals surface area contributed by atoms with Crippen LogP contribution in [0.1, 0.15) is 33.1 Å². The normalized spacial score (nSPS) is 34.4. The second-order valence-electron chi connectivity index (χ2n) is 4.71. The Balaban J connectivity index is 1.80. The topological polar surface area (TPSA) is 47.6 Å². The van der Waals surface area contributed by atoms with Crippen molar-refractivity contribution in [1.29, 1.82) is 0 Å². The van der Waals surface area contributed by atoms with Crippen LogP contribution in [0.3, 0.4) is 0 Å². The van der Waals surface area contributed by atoms with Crippen LogP contribution in [-0.2, 0) is 14.3 Å². The Bertz CT molecular complexity index is 248. The number of ether oxygens (including phenoxy) is 2. The predicted molar refractivity (Wildman–Crippen MR) is 55.3 cm³/mol. The van der Waals surface area contributed by atoms with Gasteiger partial charge in [0.05, 0.1) is 13.2 Å². The molecule has 2 aliphatic heterocycles. The van der Waals surface area contributed by atoms with Gasteiger partial charge in [-0.2, -0.15) is 0 Å². The zero-order valence-electron chi connectivity index (χ0n) is 9.41. The Hall–Kier alpha value is -0.610. The summed E-state index contributed by atoms with van der Waals surface area (Å²) in [5.41, 5.74) is 0. The van der Waals surface area contributed by atoms with Crippen LogP contribution in [-0.4, -0.2) is 30.9 Å². The lowest BCUT2D eigenvalue weighted by atomic mass is 9.97. The fourth-order valence-electron chi connectivity index (χ4n) is 2.34. The lowest BCUT2D eigenvalue weighted by Crippen LogP contribution is -2.28. The minimum absolute atomic E-state index is 0.143. The molecule has 0 saturated carbocycles. The molecule has 0 aromatic heterocycles. The van der Waals surface area contributed by atoms with Crippen molar-refractivity contribution in [3.05, 3.63) is 0 Å². The first-order valence-electron chi connectivity index (χ1n) is 5.67. The summed E-state index contributed by atoms with van der Waals surface area (Å²) in [6, 6.07) is 0.320. The second kappa shape index (κ2) is 4.10.